The summed E-state index contributed by atoms with van der Waals surface area (Å²) in [6.07, 6.45) is 4.03. The molecule has 19 nitrogen and oxygen atoms in total. The average Bonchev–Trinajstić information content (AvgIpc) is 0.906. The maximum atomic E-state index is 12.2. The fourth-order valence-electron chi connectivity index (χ4n) is 9.75. The first-order valence-corrected chi connectivity index (χ1v) is 30.4. The molecular weight excluding hydrogens is 1320 g/mol. The zero-order chi connectivity index (χ0) is 64.9. The number of halogens is 2. The van der Waals surface area contributed by atoms with E-state index in [0.717, 1.165) is 50.1 Å². The fourth-order valence-corrected chi connectivity index (χ4v) is 9.75. The maximum absolute atomic E-state index is 12.2. The van der Waals surface area contributed by atoms with E-state index in [-0.39, 0.29) is 243 Å². The van der Waals surface area contributed by atoms with Gasteiger partial charge in [0.05, 0.1) is 44.0 Å². The van der Waals surface area contributed by atoms with Crippen molar-refractivity contribution < 1.29 is 162 Å². The summed E-state index contributed by atoms with van der Waals surface area (Å²) in [6, 6.07) is 53.6. The van der Waals surface area contributed by atoms with Crippen LogP contribution in [0, 0.1) is 17.8 Å². The van der Waals surface area contributed by atoms with E-state index < -0.39 is 11.9 Å². The number of hydrogen-bond acceptors (Lipinski definition) is 15. The number of rotatable bonds is 33. The van der Waals surface area contributed by atoms with Crippen LogP contribution in [0.15, 0.2) is 164 Å². The summed E-state index contributed by atoms with van der Waals surface area (Å²) < 4.78 is 15.2. The van der Waals surface area contributed by atoms with Gasteiger partial charge in [-0.2, -0.15) is 0 Å². The first-order valence-electron chi connectivity index (χ1n) is 30.4. The molecule has 0 fully saturated rings. The quantitative estimate of drug-likeness (QED) is 0.0143. The molecule has 6 aromatic carbocycles. The van der Waals surface area contributed by atoms with E-state index in [0.29, 0.717) is 58.3 Å². The van der Waals surface area contributed by atoms with Gasteiger partial charge in [0.2, 0.25) is 17.7 Å². The Hall–Kier alpha value is -5.49. The van der Waals surface area contributed by atoms with Gasteiger partial charge in [-0.05, 0) is 116 Å². The molecule has 24 heteroatoms. The van der Waals surface area contributed by atoms with Gasteiger partial charge in [-0.25, -0.2) is 0 Å². The van der Waals surface area contributed by atoms with E-state index in [4.69, 9.17) is 19.3 Å². The van der Waals surface area contributed by atoms with Crippen LogP contribution >= 0.6 is 0 Å². The Balaban J connectivity index is -0.000000638. The van der Waals surface area contributed by atoms with Crippen LogP contribution in [0.3, 0.4) is 0 Å². The predicted octanol–water partition coefficient (Wildman–Crippen LogP) is -2.52. The minimum Gasteiger partial charge on any atom is -1.00 e. The molecule has 0 aliphatic heterocycles. The largest absolute Gasteiger partial charge is 2.00 e. The topological polar surface area (TPSA) is 321 Å². The van der Waals surface area contributed by atoms with Crippen LogP contribution in [0.2, 0.25) is 0 Å². The van der Waals surface area contributed by atoms with Gasteiger partial charge in [-0.3, -0.25) is 39.8 Å². The van der Waals surface area contributed by atoms with Crippen molar-refractivity contribution in [2.24, 2.45) is 17.8 Å². The standard InChI is InChI=1S/2C24H29NO5.C24H28NO4.Ca.2ClH.2Na.2H2O/c2*1-3-30-24(29)17(2)15-21(25-22(26)13-14-23(27)28)16-18-9-11-20(12-10-18)19-7-5-4-6-8-19;1-3-29-24(28)18(2)16-22(25-23(27)10-7-15-26)17-19-11-13-21(14-12-19)20-8-5-4-6-9-20;;;;;;;/h2*4-12,17,21H,3,13-16H2,1-2H3,(H,25,26)(H,27,28);4-6,8-9,11-14,18,22H,3,7,10,16-17H2,1-2H3,(H,25,27);;2*1H;;;2*1H2/q;;-1;+2;;;2*+1;;/p-5/t2*17-,21?;18-,22?;;;;;;;/m111......./s1. The minimum absolute atomic E-state index is 0. The average molecular weight is 1410 g/mol. The number of esters is 3. The molecule has 0 bridgehead atoms. The summed E-state index contributed by atoms with van der Waals surface area (Å²) in [5.74, 6) is -5.19. The van der Waals surface area contributed by atoms with E-state index in [1.165, 1.54) is 0 Å². The summed E-state index contributed by atoms with van der Waals surface area (Å²) in [4.78, 5) is 104. The minimum atomic E-state index is -1.27. The van der Waals surface area contributed by atoms with Crippen LogP contribution in [0.1, 0.15) is 116 Å². The third kappa shape index (κ3) is 39.2. The second kappa shape index (κ2) is 55.4. The molecule has 6 N–H and O–H groups in total. The summed E-state index contributed by atoms with van der Waals surface area (Å²) in [6.45, 7) is 11.5. The SMILES string of the molecule is CCOC(=O)[C@H](C)CC(Cc1ccc(-c2ccccc2)cc1)NC(=O)CCC(=O)O.CCOC(=O)[C@H](C)CC(Cc1ccc(-c2ccccc2)cc1)NC(=O)CCC(=O)[O-].CCOC(=O)[C@H](C)CC(Cc1ccc(-c2ccccc2)cc1)NC(=O)CC[C-]=O.[Ca+2].[Cl-].[Cl-].[Na+].[Na+].[OH-].[OH-]. The van der Waals surface area contributed by atoms with Gasteiger partial charge in [-0.1, -0.05) is 185 Å². The number of carboxylic acids is 2. The Bertz CT molecular complexity index is 3020. The van der Waals surface area contributed by atoms with Gasteiger partial charge < -0.3 is 85.7 Å². The smallest absolute Gasteiger partial charge is 1.00 e. The number of aliphatic carboxylic acids is 2. The van der Waals surface area contributed by atoms with E-state index in [1.807, 2.05) is 140 Å². The van der Waals surface area contributed by atoms with Crippen LogP contribution in [0.25, 0.3) is 33.4 Å². The van der Waals surface area contributed by atoms with Crippen molar-refractivity contribution in [1.82, 2.24) is 16.0 Å². The van der Waals surface area contributed by atoms with Gasteiger partial charge in [0, 0.05) is 43.4 Å². The van der Waals surface area contributed by atoms with Crippen LogP contribution < -0.4 is 105 Å². The van der Waals surface area contributed by atoms with Gasteiger partial charge in [0.1, 0.15) is 0 Å². The van der Waals surface area contributed by atoms with Crippen LogP contribution in [-0.4, -0.2) is 146 Å². The molecule has 0 aliphatic carbocycles. The normalized spacial score (nSPS) is 11.7. The molecule has 6 aromatic rings. The second-order valence-corrected chi connectivity index (χ2v) is 21.7. The number of carbonyl (C=O) groups excluding carboxylic acids is 8. The molecule has 0 spiro atoms. The van der Waals surface area contributed by atoms with E-state index in [2.05, 4.69) is 40.2 Å². The Labute approximate surface area is 651 Å². The molecular formula is C72H87CaCl2N3Na2O16-2. The molecule has 0 radical (unpaired) electrons. The molecule has 0 saturated heterocycles. The first-order chi connectivity index (χ1) is 42.8. The zero-order valence-electron chi connectivity index (χ0n) is 56.3. The summed E-state index contributed by atoms with van der Waals surface area (Å²) in [5.41, 5.74) is 9.79. The van der Waals surface area contributed by atoms with Crippen LogP contribution in [0.4, 0.5) is 0 Å². The van der Waals surface area contributed by atoms with Gasteiger partial charge in [0.25, 0.3) is 0 Å². The van der Waals surface area contributed by atoms with Crippen LogP contribution in [-0.2, 0) is 76.6 Å². The molecule has 0 aliphatic rings. The van der Waals surface area contributed by atoms with Crippen molar-refractivity contribution >= 4 is 91.6 Å². The molecule has 3 amide bonds. The van der Waals surface area contributed by atoms with Crippen molar-refractivity contribution in [3.63, 3.8) is 0 Å². The number of benzene rings is 6. The zero-order valence-corrected chi connectivity index (χ0v) is 64.0. The molecule has 96 heavy (non-hydrogen) atoms. The maximum Gasteiger partial charge on any atom is 2.00 e. The van der Waals surface area contributed by atoms with E-state index >= 15 is 0 Å². The Morgan fingerprint density at radius 2 is 0.667 bits per heavy atom. The van der Waals surface area contributed by atoms with Crippen molar-refractivity contribution in [1.29, 1.82) is 0 Å². The van der Waals surface area contributed by atoms with Crippen LogP contribution in [0.5, 0.6) is 0 Å². The molecule has 506 valence electrons. The summed E-state index contributed by atoms with van der Waals surface area (Å²) in [7, 11) is 0. The first kappa shape index (κ1) is 96.9. The van der Waals surface area contributed by atoms with Gasteiger partial charge >= 0.3 is 121 Å². The van der Waals surface area contributed by atoms with E-state index in [1.54, 1.807) is 47.8 Å². The Kier molecular flexibility index (Phi) is 55.9. The third-order valence-corrected chi connectivity index (χ3v) is 14.3. The Morgan fingerprint density at radius 1 is 0.417 bits per heavy atom. The number of amides is 3. The molecule has 6 rings (SSSR count). The fraction of sp³-hybridized carbons (Fsp3) is 0.375. The summed E-state index contributed by atoms with van der Waals surface area (Å²) >= 11 is 0. The monoisotopic (exact) mass is 1410 g/mol. The molecule has 3 unspecified atom stereocenters. The molecule has 0 saturated carbocycles. The summed E-state index contributed by atoms with van der Waals surface area (Å²) in [5, 5.41) is 28.1. The number of ether oxygens (including phenoxy) is 3. The third-order valence-electron chi connectivity index (χ3n) is 14.3. The molecule has 0 aromatic heterocycles. The number of carbonyl (C=O) groups is 8. The number of carboxylic acid groups (broad SMARTS) is 2. The number of nitrogens with one attached hydrogen (secondary N) is 3. The second-order valence-electron chi connectivity index (χ2n) is 21.7. The molecule has 6 atom stereocenters. The van der Waals surface area contributed by atoms with E-state index in [9.17, 15) is 48.3 Å². The van der Waals surface area contributed by atoms with Crippen molar-refractivity contribution in [3.8, 4) is 33.4 Å². The van der Waals surface area contributed by atoms with Crippen molar-refractivity contribution in [2.45, 2.75) is 137 Å². The predicted molar refractivity (Wildman–Crippen MR) is 349 cm³/mol. The molecule has 0 heterocycles. The Morgan fingerprint density at radius 3 is 0.906 bits per heavy atom. The van der Waals surface area contributed by atoms with Gasteiger partial charge in [-0.15, -0.1) is 6.42 Å². The number of hydrogen-bond donors (Lipinski definition) is 4. The van der Waals surface area contributed by atoms with Crippen molar-refractivity contribution in [3.05, 3.63) is 180 Å². The van der Waals surface area contributed by atoms with Gasteiger partial charge in [0.15, 0.2) is 0 Å². The van der Waals surface area contributed by atoms with Crippen molar-refractivity contribution in [2.75, 3.05) is 19.8 Å².